The lowest BCUT2D eigenvalue weighted by Crippen LogP contribution is -1.58. The molecule has 0 bridgehead atoms. The van der Waals surface area contributed by atoms with Crippen LogP contribution in [0, 0.1) is 0 Å². The van der Waals surface area contributed by atoms with E-state index in [1.165, 1.54) is 0 Å². The van der Waals surface area contributed by atoms with E-state index in [-0.39, 0.29) is 5.15 Å². The standard InChI is InChI=1S/C3H2ClNO3/c4-1-2(6)8-3(7)5-1/h6H,(H,5,7). The molecule has 0 aliphatic heterocycles. The van der Waals surface area contributed by atoms with E-state index in [4.69, 9.17) is 21.8 Å². The summed E-state index contributed by atoms with van der Waals surface area (Å²) in [6, 6.07) is 0. The number of aromatic nitrogens is 1. The van der Waals surface area contributed by atoms with Crippen LogP contribution in [0.3, 0.4) is 0 Å². The Kier molecular flexibility index (Phi) is 1.02. The summed E-state index contributed by atoms with van der Waals surface area (Å²) in [7, 11) is 0. The molecule has 1 heterocycles. The molecule has 1 aromatic rings. The number of hydrogen-bond donors (Lipinski definition) is 2. The molecule has 0 aliphatic rings. The molecular weight excluding hydrogens is 133 g/mol. The molecule has 0 spiro atoms. The fourth-order valence-corrected chi connectivity index (χ4v) is 0.394. The fourth-order valence-electron chi connectivity index (χ4n) is 0.283. The monoisotopic (exact) mass is 135 g/mol. The highest BCUT2D eigenvalue weighted by Gasteiger charge is 2.06. The van der Waals surface area contributed by atoms with Gasteiger partial charge in [-0.3, -0.25) is 0 Å². The molecule has 0 radical (unpaired) electrons. The Balaban J connectivity index is 3.14. The molecule has 0 fully saturated rings. The second-order valence-electron chi connectivity index (χ2n) is 1.09. The molecule has 0 atom stereocenters. The molecule has 0 amide bonds. The molecule has 4 nitrogen and oxygen atoms in total. The molecule has 44 valence electrons. The third-order valence-electron chi connectivity index (χ3n) is 0.558. The maximum Gasteiger partial charge on any atom is 0.395 e. The van der Waals surface area contributed by atoms with Crippen LogP contribution in [0.25, 0.3) is 0 Å². The topological polar surface area (TPSA) is 66.5 Å². The lowest BCUT2D eigenvalue weighted by atomic mass is 10.9. The lowest BCUT2D eigenvalue weighted by molar-refractivity contribution is 0.258. The average molecular weight is 136 g/mol. The van der Waals surface area contributed by atoms with Crippen molar-refractivity contribution in [3.63, 3.8) is 0 Å². The van der Waals surface area contributed by atoms with Gasteiger partial charge in [0, 0.05) is 0 Å². The van der Waals surface area contributed by atoms with Gasteiger partial charge >= 0.3 is 12.0 Å². The number of hydrogen-bond acceptors (Lipinski definition) is 4. The molecule has 0 unspecified atom stereocenters. The number of nitrogens with zero attached hydrogens (tertiary/aromatic N) is 1. The smallest absolute Gasteiger partial charge is 0.395 e. The van der Waals surface area contributed by atoms with Gasteiger partial charge in [-0.15, -0.1) is 0 Å². The minimum absolute atomic E-state index is 0.234. The van der Waals surface area contributed by atoms with Gasteiger partial charge in [0.25, 0.3) is 0 Å². The van der Waals surface area contributed by atoms with E-state index in [1.54, 1.807) is 0 Å². The first-order valence-corrected chi connectivity index (χ1v) is 2.12. The van der Waals surface area contributed by atoms with Crippen LogP contribution in [0.1, 0.15) is 0 Å². The number of oxazole rings is 1. The van der Waals surface area contributed by atoms with E-state index in [9.17, 15) is 0 Å². The van der Waals surface area contributed by atoms with Gasteiger partial charge in [0.2, 0.25) is 5.15 Å². The first-order chi connectivity index (χ1) is 3.70. The zero-order chi connectivity index (χ0) is 6.15. The van der Waals surface area contributed by atoms with E-state index in [2.05, 4.69) is 9.40 Å². The van der Waals surface area contributed by atoms with Gasteiger partial charge in [-0.1, -0.05) is 11.6 Å². The van der Waals surface area contributed by atoms with Crippen LogP contribution in [0.4, 0.5) is 0 Å². The second-order valence-corrected chi connectivity index (χ2v) is 1.45. The lowest BCUT2D eigenvalue weighted by Gasteiger charge is -1.73. The van der Waals surface area contributed by atoms with Gasteiger partial charge in [0.1, 0.15) is 0 Å². The molecular formula is C3H2ClNO3. The molecule has 0 aromatic carbocycles. The second kappa shape index (κ2) is 1.56. The Morgan fingerprint density at radius 2 is 2.12 bits per heavy atom. The Labute approximate surface area is 49.3 Å². The fraction of sp³-hybridized carbons (Fsp3) is 0. The predicted molar refractivity (Wildman–Crippen MR) is 24.8 cm³/mol. The third-order valence-corrected chi connectivity index (χ3v) is 0.804. The van der Waals surface area contributed by atoms with Gasteiger partial charge in [0.15, 0.2) is 0 Å². The summed E-state index contributed by atoms with van der Waals surface area (Å²) in [5.74, 6) is -0.566. The zero-order valence-corrected chi connectivity index (χ0v) is 4.38. The van der Waals surface area contributed by atoms with E-state index < -0.39 is 12.0 Å². The van der Waals surface area contributed by atoms with Crippen LogP contribution >= 0.6 is 11.6 Å². The molecule has 0 aliphatic carbocycles. The van der Waals surface area contributed by atoms with Crippen LogP contribution < -0.4 is 0 Å². The van der Waals surface area contributed by atoms with Crippen molar-refractivity contribution in [2.75, 3.05) is 0 Å². The number of aromatic hydroxyl groups is 2. The van der Waals surface area contributed by atoms with Crippen molar-refractivity contribution in [3.8, 4) is 12.0 Å². The normalized spacial score (nSPS) is 9.62. The molecule has 1 aromatic heterocycles. The Bertz CT molecular complexity index is 177. The van der Waals surface area contributed by atoms with Crippen molar-refractivity contribution in [1.29, 1.82) is 0 Å². The average Bonchev–Trinajstić information content (AvgIpc) is 1.85. The van der Waals surface area contributed by atoms with Crippen molar-refractivity contribution < 1.29 is 14.6 Å². The summed E-state index contributed by atoms with van der Waals surface area (Å²) in [5.41, 5.74) is 0. The minimum Gasteiger partial charge on any atom is -0.478 e. The largest absolute Gasteiger partial charge is 0.478 e. The van der Waals surface area contributed by atoms with Crippen molar-refractivity contribution in [1.82, 2.24) is 4.98 Å². The first-order valence-electron chi connectivity index (χ1n) is 1.74. The SMILES string of the molecule is Oc1nc(Cl)c(O)o1. The summed E-state index contributed by atoms with van der Waals surface area (Å²) in [4.78, 5) is 3.11. The molecule has 0 saturated carbocycles. The predicted octanol–water partition coefficient (Wildman–Crippen LogP) is 0.739. The number of rotatable bonds is 0. The first kappa shape index (κ1) is 5.24. The summed E-state index contributed by atoms with van der Waals surface area (Å²) in [6.45, 7) is 0. The van der Waals surface area contributed by atoms with Crippen LogP contribution in [0.5, 0.6) is 12.0 Å². The van der Waals surface area contributed by atoms with Gasteiger partial charge in [0.05, 0.1) is 0 Å². The van der Waals surface area contributed by atoms with Crippen molar-refractivity contribution >= 4 is 11.6 Å². The summed E-state index contributed by atoms with van der Waals surface area (Å²) >= 11 is 5.11. The van der Waals surface area contributed by atoms with Gasteiger partial charge in [-0.25, -0.2) is 0 Å². The van der Waals surface area contributed by atoms with Gasteiger partial charge in [-0.2, -0.15) is 4.98 Å². The summed E-state index contributed by atoms with van der Waals surface area (Å²) < 4.78 is 4.08. The molecule has 1 rings (SSSR count). The van der Waals surface area contributed by atoms with Crippen LogP contribution in [-0.2, 0) is 0 Å². The van der Waals surface area contributed by atoms with Crippen molar-refractivity contribution in [2.45, 2.75) is 0 Å². The van der Waals surface area contributed by atoms with E-state index in [0.717, 1.165) is 0 Å². The third kappa shape index (κ3) is 0.696. The maximum atomic E-state index is 8.42. The molecule has 0 saturated heterocycles. The van der Waals surface area contributed by atoms with E-state index in [0.29, 0.717) is 0 Å². The molecule has 2 N–H and O–H groups in total. The summed E-state index contributed by atoms with van der Waals surface area (Å²) in [6.07, 6.45) is -0.632. The molecule has 8 heavy (non-hydrogen) atoms. The minimum atomic E-state index is -0.632. The Hall–Kier alpha value is -0.900. The van der Waals surface area contributed by atoms with Crippen LogP contribution in [0.15, 0.2) is 4.42 Å². The quantitative estimate of drug-likeness (QED) is 0.551. The van der Waals surface area contributed by atoms with E-state index >= 15 is 0 Å². The van der Waals surface area contributed by atoms with E-state index in [1.807, 2.05) is 0 Å². The maximum absolute atomic E-state index is 8.42. The highest BCUT2D eigenvalue weighted by atomic mass is 35.5. The Morgan fingerprint density at radius 1 is 1.50 bits per heavy atom. The molecule has 5 heteroatoms. The summed E-state index contributed by atoms with van der Waals surface area (Å²) in [5, 5.41) is 16.5. The van der Waals surface area contributed by atoms with Crippen molar-refractivity contribution in [2.24, 2.45) is 0 Å². The van der Waals surface area contributed by atoms with Crippen LogP contribution in [-0.4, -0.2) is 15.2 Å². The van der Waals surface area contributed by atoms with Crippen molar-refractivity contribution in [3.05, 3.63) is 5.15 Å². The zero-order valence-electron chi connectivity index (χ0n) is 3.63. The highest BCUT2D eigenvalue weighted by Crippen LogP contribution is 2.25. The highest BCUT2D eigenvalue weighted by molar-refractivity contribution is 6.30. The van der Waals surface area contributed by atoms with Gasteiger partial charge < -0.3 is 14.6 Å². The number of halogens is 1. The van der Waals surface area contributed by atoms with Gasteiger partial charge in [-0.05, 0) is 0 Å². The Morgan fingerprint density at radius 3 is 2.25 bits per heavy atom. The van der Waals surface area contributed by atoms with Crippen LogP contribution in [0.2, 0.25) is 5.15 Å².